The highest BCUT2D eigenvalue weighted by atomic mass is 16.7. The van der Waals surface area contributed by atoms with Crippen LogP contribution in [0.3, 0.4) is 0 Å². The van der Waals surface area contributed by atoms with Gasteiger partial charge in [0, 0.05) is 31.6 Å². The Morgan fingerprint density at radius 2 is 1.62 bits per heavy atom. The van der Waals surface area contributed by atoms with E-state index in [1.807, 2.05) is 6.92 Å². The molecule has 0 aromatic carbocycles. The lowest BCUT2D eigenvalue weighted by Gasteiger charge is -2.55. The number of esters is 4. The van der Waals surface area contributed by atoms with Crippen molar-refractivity contribution in [2.45, 2.75) is 128 Å². The molecular formula is C30H42O12. The summed E-state index contributed by atoms with van der Waals surface area (Å²) in [5.41, 5.74) is -6.66. The van der Waals surface area contributed by atoms with Crippen molar-refractivity contribution in [3.8, 4) is 0 Å². The summed E-state index contributed by atoms with van der Waals surface area (Å²) in [6, 6.07) is 0. The van der Waals surface area contributed by atoms with E-state index in [1.165, 1.54) is 32.1 Å². The Hall–Kier alpha value is -2.80. The van der Waals surface area contributed by atoms with Gasteiger partial charge in [-0.2, -0.15) is 0 Å². The van der Waals surface area contributed by atoms with Gasteiger partial charge in [0.25, 0.3) is 0 Å². The molecule has 0 saturated carbocycles. The lowest BCUT2D eigenvalue weighted by Crippen LogP contribution is -2.68. The Balaban J connectivity index is 1.98. The zero-order chi connectivity index (χ0) is 31.4. The molecule has 4 aliphatic rings. The van der Waals surface area contributed by atoms with Crippen molar-refractivity contribution in [3.63, 3.8) is 0 Å². The standard InChI is InChI=1S/C30H42O12/c1-8-9-10-11-20(34)41-22-15(2)14-19-30(29(7,42-30)26(36)40-19)25(39-17(4)32)23-27(5,13-12-18(33)28(23,6)37)24(21(22)35)38-16(3)31/h12-14,18-19,21-25,33,35,37H,8-11H2,1-7H3/b15-14-/t18-,19+,21-,22?,23-,24+,25?,27+,28-,29+,30+/m1/s1. The minimum Gasteiger partial charge on any atom is -0.459 e. The van der Waals surface area contributed by atoms with Gasteiger partial charge in [0.1, 0.15) is 24.4 Å². The Kier molecular flexibility index (Phi) is 8.44. The maximum absolute atomic E-state index is 13.1. The van der Waals surface area contributed by atoms with E-state index in [4.69, 9.17) is 23.7 Å². The van der Waals surface area contributed by atoms with E-state index in [0.717, 1.165) is 26.7 Å². The van der Waals surface area contributed by atoms with Crippen molar-refractivity contribution in [3.05, 3.63) is 23.8 Å². The van der Waals surface area contributed by atoms with E-state index in [-0.39, 0.29) is 12.0 Å². The molecule has 234 valence electrons. The molecule has 0 aromatic heterocycles. The smallest absolute Gasteiger partial charge is 0.342 e. The second-order valence-electron chi connectivity index (χ2n) is 12.5. The van der Waals surface area contributed by atoms with Crippen LogP contribution < -0.4 is 0 Å². The first-order valence-electron chi connectivity index (χ1n) is 14.4. The Bertz CT molecular complexity index is 1190. The quantitative estimate of drug-likeness (QED) is 0.127. The summed E-state index contributed by atoms with van der Waals surface area (Å²) in [4.78, 5) is 51.1. The second-order valence-corrected chi connectivity index (χ2v) is 12.5. The Morgan fingerprint density at radius 1 is 1.00 bits per heavy atom. The number of rotatable bonds is 7. The summed E-state index contributed by atoms with van der Waals surface area (Å²) in [5.74, 6) is -4.23. The van der Waals surface area contributed by atoms with Gasteiger partial charge >= 0.3 is 23.9 Å². The van der Waals surface area contributed by atoms with Gasteiger partial charge in [-0.3, -0.25) is 14.4 Å². The molecule has 11 atom stereocenters. The third-order valence-corrected chi connectivity index (χ3v) is 9.31. The van der Waals surface area contributed by atoms with Crippen LogP contribution in [-0.4, -0.2) is 92.6 Å². The van der Waals surface area contributed by atoms with E-state index in [0.29, 0.717) is 6.42 Å². The fourth-order valence-corrected chi connectivity index (χ4v) is 7.09. The van der Waals surface area contributed by atoms with E-state index < -0.39 is 88.6 Å². The summed E-state index contributed by atoms with van der Waals surface area (Å²) in [5, 5.41) is 34.8. The van der Waals surface area contributed by atoms with Gasteiger partial charge in [-0.05, 0) is 38.8 Å². The maximum Gasteiger partial charge on any atom is 0.342 e. The molecule has 12 nitrogen and oxygen atoms in total. The highest BCUT2D eigenvalue weighted by Gasteiger charge is 2.88. The van der Waals surface area contributed by atoms with Crippen LogP contribution in [0, 0.1) is 11.3 Å². The molecule has 42 heavy (non-hydrogen) atoms. The molecule has 0 radical (unpaired) electrons. The number of ether oxygens (including phenoxy) is 5. The lowest BCUT2D eigenvalue weighted by atomic mass is 9.55. The van der Waals surface area contributed by atoms with E-state index in [2.05, 4.69) is 0 Å². The molecule has 1 spiro atoms. The summed E-state index contributed by atoms with van der Waals surface area (Å²) < 4.78 is 29.2. The first kappa shape index (κ1) is 32.1. The number of carbonyl (C=O) groups is 4. The lowest BCUT2D eigenvalue weighted by molar-refractivity contribution is -0.226. The summed E-state index contributed by atoms with van der Waals surface area (Å²) in [7, 11) is 0. The summed E-state index contributed by atoms with van der Waals surface area (Å²) >= 11 is 0. The number of unbranched alkanes of at least 4 members (excludes halogenated alkanes) is 2. The van der Waals surface area contributed by atoms with Crippen molar-refractivity contribution in [1.29, 1.82) is 0 Å². The third kappa shape index (κ3) is 4.95. The fraction of sp³-hybridized carbons (Fsp3) is 0.733. The summed E-state index contributed by atoms with van der Waals surface area (Å²) in [6.45, 7) is 10.2. The van der Waals surface area contributed by atoms with Gasteiger partial charge in [-0.25, -0.2) is 4.79 Å². The summed E-state index contributed by atoms with van der Waals surface area (Å²) in [6.07, 6.45) is -2.15. The molecular weight excluding hydrogens is 552 g/mol. The number of hydrogen-bond donors (Lipinski definition) is 3. The van der Waals surface area contributed by atoms with Crippen LogP contribution in [0.4, 0.5) is 0 Å². The number of aliphatic hydroxyl groups is 3. The van der Waals surface area contributed by atoms with Crippen LogP contribution in [0.2, 0.25) is 0 Å². The number of fused-ring (bicyclic) bond motifs is 1. The van der Waals surface area contributed by atoms with E-state index >= 15 is 0 Å². The van der Waals surface area contributed by atoms with Crippen LogP contribution >= 0.6 is 0 Å². The number of carbonyl (C=O) groups excluding carboxylic acids is 4. The van der Waals surface area contributed by atoms with E-state index in [9.17, 15) is 34.5 Å². The molecule has 2 saturated heterocycles. The highest BCUT2D eigenvalue weighted by molar-refractivity contribution is 5.89. The molecule has 2 aliphatic carbocycles. The predicted octanol–water partition coefficient (Wildman–Crippen LogP) is 1.42. The first-order chi connectivity index (χ1) is 19.5. The molecule has 0 amide bonds. The van der Waals surface area contributed by atoms with Gasteiger partial charge in [0.15, 0.2) is 23.4 Å². The Labute approximate surface area is 245 Å². The molecule has 0 bridgehead atoms. The SMILES string of the molecule is CCCCCC(=O)OC1/C(C)=C\[C@@H]2OC(=O)[C@]3(C)O[C@]23C(OC(C)=O)[C@H]2[C@](C)(O)[C@H](O)C=C[C@]2(C)[C@@H](OC(C)=O)[C@@H]1O. The minimum atomic E-state index is -2.08. The molecule has 4 rings (SSSR count). The van der Waals surface area contributed by atoms with Gasteiger partial charge in [0.05, 0.1) is 5.60 Å². The zero-order valence-corrected chi connectivity index (χ0v) is 25.1. The van der Waals surface area contributed by atoms with Gasteiger partial charge < -0.3 is 39.0 Å². The van der Waals surface area contributed by atoms with Crippen molar-refractivity contribution in [1.82, 2.24) is 0 Å². The molecule has 2 heterocycles. The molecule has 2 aliphatic heterocycles. The number of hydrogen-bond acceptors (Lipinski definition) is 12. The van der Waals surface area contributed by atoms with Crippen LogP contribution in [0.5, 0.6) is 0 Å². The number of aliphatic hydroxyl groups excluding tert-OH is 2. The second kappa shape index (κ2) is 11.0. The van der Waals surface area contributed by atoms with Gasteiger partial charge in [-0.1, -0.05) is 38.8 Å². The van der Waals surface area contributed by atoms with Crippen molar-refractivity contribution >= 4 is 23.9 Å². The minimum absolute atomic E-state index is 0.0847. The normalized spacial score (nSPS) is 45.2. The molecule has 0 aromatic rings. The molecule has 12 heteroatoms. The van der Waals surface area contributed by atoms with Crippen LogP contribution in [-0.2, 0) is 42.9 Å². The van der Waals surface area contributed by atoms with Crippen molar-refractivity contribution in [2.24, 2.45) is 11.3 Å². The largest absolute Gasteiger partial charge is 0.459 e. The maximum atomic E-state index is 13.1. The Morgan fingerprint density at radius 3 is 2.19 bits per heavy atom. The van der Waals surface area contributed by atoms with Gasteiger partial charge in [0.2, 0.25) is 0 Å². The van der Waals surface area contributed by atoms with Crippen LogP contribution in [0.1, 0.15) is 74.1 Å². The average Bonchev–Trinajstić information content (AvgIpc) is 3.48. The predicted molar refractivity (Wildman–Crippen MR) is 144 cm³/mol. The highest BCUT2D eigenvalue weighted by Crippen LogP contribution is 2.65. The van der Waals surface area contributed by atoms with Crippen molar-refractivity contribution in [2.75, 3.05) is 0 Å². The van der Waals surface area contributed by atoms with Crippen LogP contribution in [0.15, 0.2) is 23.8 Å². The zero-order valence-electron chi connectivity index (χ0n) is 25.1. The monoisotopic (exact) mass is 594 g/mol. The molecule has 3 N–H and O–H groups in total. The van der Waals surface area contributed by atoms with Crippen LogP contribution in [0.25, 0.3) is 0 Å². The average molecular weight is 595 g/mol. The topological polar surface area (TPSA) is 178 Å². The van der Waals surface area contributed by atoms with E-state index in [1.54, 1.807) is 13.8 Å². The number of epoxide rings is 1. The molecule has 2 fully saturated rings. The molecule has 2 unspecified atom stereocenters. The third-order valence-electron chi connectivity index (χ3n) is 9.31. The van der Waals surface area contributed by atoms with Crippen molar-refractivity contribution < 1.29 is 58.2 Å². The van der Waals surface area contributed by atoms with Gasteiger partial charge in [-0.15, -0.1) is 0 Å². The first-order valence-corrected chi connectivity index (χ1v) is 14.4. The fourth-order valence-electron chi connectivity index (χ4n) is 7.09.